The number of nitrogens with zero attached hydrogens (tertiary/aromatic N) is 1. The van der Waals surface area contributed by atoms with Crippen molar-refractivity contribution in [1.82, 2.24) is 4.90 Å². The Labute approximate surface area is 117 Å². The summed E-state index contributed by atoms with van der Waals surface area (Å²) in [7, 11) is 0. The van der Waals surface area contributed by atoms with Crippen molar-refractivity contribution in [3.63, 3.8) is 0 Å². The Balaban J connectivity index is 1.53. The molecule has 0 unspecified atom stereocenters. The van der Waals surface area contributed by atoms with Gasteiger partial charge in [-0.1, -0.05) is 44.3 Å². The number of hydrogen-bond donors (Lipinski definition) is 0. The van der Waals surface area contributed by atoms with Crippen LogP contribution in [0.2, 0.25) is 0 Å². The molecule has 2 aliphatic rings. The molecule has 0 spiro atoms. The van der Waals surface area contributed by atoms with Gasteiger partial charge in [0.15, 0.2) is 0 Å². The summed E-state index contributed by atoms with van der Waals surface area (Å²) in [5.41, 5.74) is 0. The highest BCUT2D eigenvalue weighted by Gasteiger charge is 2.15. The van der Waals surface area contributed by atoms with E-state index in [1.54, 1.807) is 0 Å². The first-order valence-electron chi connectivity index (χ1n) is 7.66. The summed E-state index contributed by atoms with van der Waals surface area (Å²) < 4.78 is 5.36. The van der Waals surface area contributed by atoms with Gasteiger partial charge >= 0.3 is 0 Å². The lowest BCUT2D eigenvalue weighted by Gasteiger charge is -2.26. The van der Waals surface area contributed by atoms with Crippen LogP contribution in [0.1, 0.15) is 51.4 Å². The average Bonchev–Trinajstić information content (AvgIpc) is 2.41. The normalized spacial score (nSPS) is 23.1. The molecule has 18 heavy (non-hydrogen) atoms. The van der Waals surface area contributed by atoms with Crippen molar-refractivity contribution in [1.29, 1.82) is 0 Å². The van der Waals surface area contributed by atoms with Gasteiger partial charge in [0, 0.05) is 13.1 Å². The van der Waals surface area contributed by atoms with Crippen molar-refractivity contribution in [2.75, 3.05) is 32.8 Å². The molecule has 2 fully saturated rings. The van der Waals surface area contributed by atoms with E-state index < -0.39 is 0 Å². The van der Waals surface area contributed by atoms with Gasteiger partial charge in [-0.15, -0.1) is 0 Å². The van der Waals surface area contributed by atoms with E-state index in [4.69, 9.17) is 17.0 Å². The predicted molar refractivity (Wildman–Crippen MR) is 80.3 cm³/mol. The third-order valence-corrected chi connectivity index (χ3v) is 4.65. The van der Waals surface area contributed by atoms with Crippen LogP contribution in [0.25, 0.3) is 0 Å². The van der Waals surface area contributed by atoms with Gasteiger partial charge in [0.2, 0.25) is 0 Å². The SMILES string of the molecule is S=C(CCCN1CCOCC1)CC1CCCCC1. The lowest BCUT2D eigenvalue weighted by Crippen LogP contribution is -2.36. The van der Waals surface area contributed by atoms with Crippen molar-refractivity contribution in [3.8, 4) is 0 Å². The molecule has 0 radical (unpaired) electrons. The fourth-order valence-corrected chi connectivity index (χ4v) is 3.52. The molecular weight excluding hydrogens is 242 g/mol. The fourth-order valence-electron chi connectivity index (χ4n) is 3.14. The highest BCUT2D eigenvalue weighted by atomic mass is 32.1. The lowest BCUT2D eigenvalue weighted by atomic mass is 9.85. The highest BCUT2D eigenvalue weighted by molar-refractivity contribution is 7.80. The Bertz CT molecular complexity index is 245. The maximum absolute atomic E-state index is 5.56. The quantitative estimate of drug-likeness (QED) is 0.685. The van der Waals surface area contributed by atoms with Crippen LogP contribution in [0.3, 0.4) is 0 Å². The second-order valence-electron chi connectivity index (χ2n) is 5.80. The Kier molecular flexibility index (Phi) is 6.60. The van der Waals surface area contributed by atoms with E-state index in [2.05, 4.69) is 4.90 Å². The molecule has 2 nitrogen and oxygen atoms in total. The minimum absolute atomic E-state index is 0.909. The first kappa shape index (κ1) is 14.4. The molecule has 0 N–H and O–H groups in total. The lowest BCUT2D eigenvalue weighted by molar-refractivity contribution is 0.0376. The maximum atomic E-state index is 5.56. The second-order valence-corrected chi connectivity index (χ2v) is 6.38. The monoisotopic (exact) mass is 269 g/mol. The van der Waals surface area contributed by atoms with Crippen molar-refractivity contribution in [2.24, 2.45) is 5.92 Å². The minimum atomic E-state index is 0.909. The summed E-state index contributed by atoms with van der Waals surface area (Å²) in [4.78, 5) is 3.84. The first-order valence-corrected chi connectivity index (χ1v) is 8.07. The zero-order valence-electron chi connectivity index (χ0n) is 11.5. The van der Waals surface area contributed by atoms with Crippen molar-refractivity contribution < 1.29 is 4.74 Å². The van der Waals surface area contributed by atoms with Crippen molar-refractivity contribution in [3.05, 3.63) is 0 Å². The summed E-state index contributed by atoms with van der Waals surface area (Å²) in [6.07, 6.45) is 10.8. The smallest absolute Gasteiger partial charge is 0.0594 e. The van der Waals surface area contributed by atoms with Gasteiger partial charge in [0.25, 0.3) is 0 Å². The molecule has 1 saturated heterocycles. The molecule has 0 aromatic heterocycles. The van der Waals surface area contributed by atoms with Crippen LogP contribution in [0, 0.1) is 5.92 Å². The molecule has 0 aromatic carbocycles. The van der Waals surface area contributed by atoms with Crippen LogP contribution in [-0.2, 0) is 4.74 Å². The topological polar surface area (TPSA) is 12.5 Å². The van der Waals surface area contributed by atoms with Gasteiger partial charge in [0.05, 0.1) is 13.2 Å². The van der Waals surface area contributed by atoms with Crippen LogP contribution in [0.4, 0.5) is 0 Å². The standard InChI is InChI=1S/C15H27NOS/c18-15(13-14-5-2-1-3-6-14)7-4-8-16-9-11-17-12-10-16/h14H,1-13H2. The molecule has 2 rings (SSSR count). The van der Waals surface area contributed by atoms with Crippen LogP contribution in [0.5, 0.6) is 0 Å². The highest BCUT2D eigenvalue weighted by Crippen LogP contribution is 2.27. The number of ether oxygens (including phenoxy) is 1. The first-order chi connectivity index (χ1) is 8.84. The van der Waals surface area contributed by atoms with E-state index in [1.807, 2.05) is 0 Å². The van der Waals surface area contributed by atoms with E-state index in [0.29, 0.717) is 0 Å². The molecule has 0 amide bonds. The predicted octanol–water partition coefficient (Wildman–Crippen LogP) is 3.44. The summed E-state index contributed by atoms with van der Waals surface area (Å²) >= 11 is 5.56. The zero-order valence-corrected chi connectivity index (χ0v) is 12.3. The summed E-state index contributed by atoms with van der Waals surface area (Å²) in [5, 5.41) is 0. The van der Waals surface area contributed by atoms with E-state index >= 15 is 0 Å². The van der Waals surface area contributed by atoms with Gasteiger partial charge in [-0.05, 0) is 36.6 Å². The minimum Gasteiger partial charge on any atom is -0.379 e. The van der Waals surface area contributed by atoms with Gasteiger partial charge in [-0.2, -0.15) is 0 Å². The number of thiocarbonyl (C=S) groups is 1. The fraction of sp³-hybridized carbons (Fsp3) is 0.933. The maximum Gasteiger partial charge on any atom is 0.0594 e. The van der Waals surface area contributed by atoms with Crippen molar-refractivity contribution >= 4 is 17.1 Å². The van der Waals surface area contributed by atoms with Crippen LogP contribution in [0.15, 0.2) is 0 Å². The van der Waals surface area contributed by atoms with Gasteiger partial charge in [-0.3, -0.25) is 4.90 Å². The second kappa shape index (κ2) is 8.23. The van der Waals surface area contributed by atoms with Crippen molar-refractivity contribution in [2.45, 2.75) is 51.4 Å². The van der Waals surface area contributed by atoms with Gasteiger partial charge in [0.1, 0.15) is 0 Å². The largest absolute Gasteiger partial charge is 0.379 e. The molecule has 1 heterocycles. The van der Waals surface area contributed by atoms with E-state index in [9.17, 15) is 0 Å². The van der Waals surface area contributed by atoms with Crippen LogP contribution in [-0.4, -0.2) is 42.6 Å². The van der Waals surface area contributed by atoms with E-state index in [1.165, 1.54) is 56.4 Å². The number of hydrogen-bond acceptors (Lipinski definition) is 3. The molecular formula is C15H27NOS. The van der Waals surface area contributed by atoms with Crippen LogP contribution >= 0.6 is 12.2 Å². The molecule has 0 bridgehead atoms. The molecule has 0 aromatic rings. The molecule has 1 aliphatic carbocycles. The molecule has 0 atom stereocenters. The summed E-state index contributed by atoms with van der Waals surface area (Å²) in [6, 6.07) is 0. The average molecular weight is 269 g/mol. The summed E-state index contributed by atoms with van der Waals surface area (Å²) in [6.45, 7) is 5.23. The zero-order chi connectivity index (χ0) is 12.6. The molecule has 104 valence electrons. The van der Waals surface area contributed by atoms with E-state index in [0.717, 1.165) is 38.6 Å². The molecule has 1 aliphatic heterocycles. The van der Waals surface area contributed by atoms with E-state index in [-0.39, 0.29) is 0 Å². The Hall–Kier alpha value is 0.0100. The Morgan fingerprint density at radius 1 is 1.11 bits per heavy atom. The summed E-state index contributed by atoms with van der Waals surface area (Å²) in [5.74, 6) is 0.912. The molecule has 3 heteroatoms. The molecule has 1 saturated carbocycles. The Morgan fingerprint density at radius 2 is 1.83 bits per heavy atom. The number of morpholine rings is 1. The number of rotatable bonds is 6. The third kappa shape index (κ3) is 5.33. The van der Waals surface area contributed by atoms with Crippen LogP contribution < -0.4 is 0 Å². The van der Waals surface area contributed by atoms with Gasteiger partial charge < -0.3 is 4.74 Å². The van der Waals surface area contributed by atoms with Gasteiger partial charge in [-0.25, -0.2) is 0 Å². The third-order valence-electron chi connectivity index (χ3n) is 4.27. The Morgan fingerprint density at radius 3 is 2.56 bits per heavy atom.